The van der Waals surface area contributed by atoms with Gasteiger partial charge in [-0.1, -0.05) is 31.4 Å². The molecule has 1 fully saturated rings. The molecule has 3 N–H and O–H groups in total. The zero-order chi connectivity index (χ0) is 14.2. The van der Waals surface area contributed by atoms with E-state index in [1.165, 1.54) is 19.3 Å². The van der Waals surface area contributed by atoms with Gasteiger partial charge in [-0.25, -0.2) is 5.84 Å². The fourth-order valence-corrected chi connectivity index (χ4v) is 2.20. The molecule has 0 saturated heterocycles. The number of carbonyl (C=O) groups is 1. The van der Waals surface area contributed by atoms with Crippen LogP contribution in [0.3, 0.4) is 0 Å². The zero-order valence-corrected chi connectivity index (χ0v) is 11.6. The highest BCUT2D eigenvalue weighted by atomic mass is 16.5. The van der Waals surface area contributed by atoms with Crippen LogP contribution in [0, 0.1) is 5.92 Å². The van der Waals surface area contributed by atoms with Gasteiger partial charge in [-0.15, -0.1) is 0 Å². The van der Waals surface area contributed by atoms with Crippen molar-refractivity contribution in [1.82, 2.24) is 5.43 Å². The maximum Gasteiger partial charge on any atom is 0.268 e. The van der Waals surface area contributed by atoms with Crippen LogP contribution < -0.4 is 16.0 Å². The first-order chi connectivity index (χ1) is 9.81. The van der Waals surface area contributed by atoms with Crippen molar-refractivity contribution in [2.24, 2.45) is 11.8 Å². The Morgan fingerprint density at radius 1 is 1.25 bits per heavy atom. The summed E-state index contributed by atoms with van der Waals surface area (Å²) in [4.78, 5) is 11.5. The Balaban J connectivity index is 1.66. The van der Waals surface area contributed by atoms with Gasteiger partial charge in [-0.05, 0) is 24.5 Å². The number of ether oxygens (including phenoxy) is 2. The van der Waals surface area contributed by atoms with Gasteiger partial charge in [0.2, 0.25) is 0 Å². The van der Waals surface area contributed by atoms with Crippen LogP contribution in [0.1, 0.15) is 36.0 Å². The molecule has 1 aliphatic carbocycles. The van der Waals surface area contributed by atoms with Crippen LogP contribution in [0.5, 0.6) is 5.75 Å². The van der Waals surface area contributed by atoms with Gasteiger partial charge in [-0.3, -0.25) is 10.2 Å². The minimum Gasteiger partial charge on any atom is -0.490 e. The van der Waals surface area contributed by atoms with Gasteiger partial charge < -0.3 is 9.47 Å². The van der Waals surface area contributed by atoms with Gasteiger partial charge in [-0.2, -0.15) is 0 Å². The number of rotatable bonds is 8. The number of para-hydroxylation sites is 1. The maximum absolute atomic E-state index is 11.5. The summed E-state index contributed by atoms with van der Waals surface area (Å²) in [6.07, 6.45) is 5.21. The second-order valence-corrected chi connectivity index (χ2v) is 5.02. The average Bonchev–Trinajstić information content (AvgIpc) is 2.44. The number of hydrazine groups is 1. The van der Waals surface area contributed by atoms with Crippen LogP contribution in [0.2, 0.25) is 0 Å². The summed E-state index contributed by atoms with van der Waals surface area (Å²) in [7, 11) is 0. The van der Waals surface area contributed by atoms with E-state index in [0.717, 1.165) is 18.9 Å². The Kier molecular flexibility index (Phi) is 5.83. The van der Waals surface area contributed by atoms with Crippen molar-refractivity contribution >= 4 is 5.91 Å². The van der Waals surface area contributed by atoms with Crippen LogP contribution in [-0.2, 0) is 4.74 Å². The van der Waals surface area contributed by atoms with E-state index < -0.39 is 0 Å². The van der Waals surface area contributed by atoms with Crippen molar-refractivity contribution in [2.45, 2.75) is 25.7 Å². The standard InChI is InChI=1S/C15H22N2O3/c16-17-15(18)13-6-1-2-7-14(13)20-11-10-19-9-8-12-4-3-5-12/h1-2,6-7,12H,3-5,8-11,16H2,(H,17,18). The number of hydrogen-bond donors (Lipinski definition) is 2. The molecule has 0 aromatic heterocycles. The van der Waals surface area contributed by atoms with Crippen molar-refractivity contribution in [2.75, 3.05) is 19.8 Å². The highest BCUT2D eigenvalue weighted by Gasteiger charge is 2.16. The molecule has 5 heteroatoms. The van der Waals surface area contributed by atoms with Gasteiger partial charge in [0, 0.05) is 6.61 Å². The summed E-state index contributed by atoms with van der Waals surface area (Å²) in [5, 5.41) is 0. The predicted octanol–water partition coefficient (Wildman–Crippen LogP) is 1.88. The second kappa shape index (κ2) is 7.87. The second-order valence-electron chi connectivity index (χ2n) is 5.02. The molecule has 0 heterocycles. The van der Waals surface area contributed by atoms with Crippen molar-refractivity contribution in [1.29, 1.82) is 0 Å². The summed E-state index contributed by atoms with van der Waals surface area (Å²) >= 11 is 0. The lowest BCUT2D eigenvalue weighted by molar-refractivity contribution is 0.0801. The summed E-state index contributed by atoms with van der Waals surface area (Å²) in [6, 6.07) is 7.01. The summed E-state index contributed by atoms with van der Waals surface area (Å²) in [5.74, 6) is 6.17. The van der Waals surface area contributed by atoms with Crippen LogP contribution in [0.25, 0.3) is 0 Å². The highest BCUT2D eigenvalue weighted by molar-refractivity contribution is 5.96. The molecule has 5 nitrogen and oxygen atoms in total. The third-order valence-corrected chi connectivity index (χ3v) is 3.64. The van der Waals surface area contributed by atoms with Crippen molar-refractivity contribution in [3.05, 3.63) is 29.8 Å². The number of amides is 1. The molecule has 0 spiro atoms. The quantitative estimate of drug-likeness (QED) is 0.329. The Morgan fingerprint density at radius 3 is 2.75 bits per heavy atom. The molecule has 0 radical (unpaired) electrons. The molecular formula is C15H22N2O3. The lowest BCUT2D eigenvalue weighted by atomic mass is 9.83. The van der Waals surface area contributed by atoms with Gasteiger partial charge in [0.25, 0.3) is 5.91 Å². The van der Waals surface area contributed by atoms with Crippen molar-refractivity contribution < 1.29 is 14.3 Å². The van der Waals surface area contributed by atoms with Crippen molar-refractivity contribution in [3.8, 4) is 5.75 Å². The first-order valence-corrected chi connectivity index (χ1v) is 7.12. The van der Waals surface area contributed by atoms with E-state index in [0.29, 0.717) is 24.5 Å². The number of nitrogens with two attached hydrogens (primary N) is 1. The van der Waals surface area contributed by atoms with E-state index in [4.69, 9.17) is 15.3 Å². The maximum atomic E-state index is 11.5. The zero-order valence-electron chi connectivity index (χ0n) is 11.6. The predicted molar refractivity (Wildman–Crippen MR) is 76.4 cm³/mol. The van der Waals surface area contributed by atoms with E-state index in [1.807, 2.05) is 6.07 Å². The lowest BCUT2D eigenvalue weighted by Crippen LogP contribution is -2.30. The summed E-state index contributed by atoms with van der Waals surface area (Å²) < 4.78 is 11.1. The van der Waals surface area contributed by atoms with E-state index in [9.17, 15) is 4.79 Å². The van der Waals surface area contributed by atoms with Crippen LogP contribution >= 0.6 is 0 Å². The minimum absolute atomic E-state index is 0.355. The first kappa shape index (κ1) is 14.8. The van der Waals surface area contributed by atoms with E-state index in [1.54, 1.807) is 18.2 Å². The van der Waals surface area contributed by atoms with Crippen LogP contribution in [-0.4, -0.2) is 25.7 Å². The Labute approximate surface area is 119 Å². The van der Waals surface area contributed by atoms with E-state index in [-0.39, 0.29) is 5.91 Å². The van der Waals surface area contributed by atoms with Gasteiger partial charge >= 0.3 is 0 Å². The molecule has 20 heavy (non-hydrogen) atoms. The summed E-state index contributed by atoms with van der Waals surface area (Å²) in [6.45, 7) is 1.75. The smallest absolute Gasteiger partial charge is 0.268 e. The number of carbonyl (C=O) groups excluding carboxylic acids is 1. The van der Waals surface area contributed by atoms with Crippen molar-refractivity contribution in [3.63, 3.8) is 0 Å². The average molecular weight is 278 g/mol. The first-order valence-electron chi connectivity index (χ1n) is 7.12. The van der Waals surface area contributed by atoms with E-state index >= 15 is 0 Å². The molecule has 110 valence electrons. The molecule has 2 rings (SSSR count). The number of benzene rings is 1. The fourth-order valence-electron chi connectivity index (χ4n) is 2.20. The molecule has 1 amide bonds. The third-order valence-electron chi connectivity index (χ3n) is 3.64. The van der Waals surface area contributed by atoms with E-state index in [2.05, 4.69) is 5.43 Å². The van der Waals surface area contributed by atoms with Crippen LogP contribution in [0.15, 0.2) is 24.3 Å². The molecule has 1 aromatic rings. The molecule has 0 bridgehead atoms. The Bertz CT molecular complexity index is 433. The van der Waals surface area contributed by atoms with Gasteiger partial charge in [0.15, 0.2) is 0 Å². The fraction of sp³-hybridized carbons (Fsp3) is 0.533. The molecule has 1 aromatic carbocycles. The van der Waals surface area contributed by atoms with Gasteiger partial charge in [0.05, 0.1) is 12.2 Å². The van der Waals surface area contributed by atoms with Gasteiger partial charge in [0.1, 0.15) is 12.4 Å². The monoisotopic (exact) mass is 278 g/mol. The summed E-state index contributed by atoms with van der Waals surface area (Å²) in [5.41, 5.74) is 2.54. The Morgan fingerprint density at radius 2 is 2.05 bits per heavy atom. The third kappa shape index (κ3) is 4.21. The minimum atomic E-state index is -0.355. The lowest BCUT2D eigenvalue weighted by Gasteiger charge is -2.24. The molecule has 0 unspecified atom stereocenters. The molecule has 0 aliphatic heterocycles. The SMILES string of the molecule is NNC(=O)c1ccccc1OCCOCCC1CCC1. The normalized spacial score (nSPS) is 14.7. The molecule has 1 aliphatic rings. The highest BCUT2D eigenvalue weighted by Crippen LogP contribution is 2.29. The largest absolute Gasteiger partial charge is 0.490 e. The number of nitrogens with one attached hydrogen (secondary N) is 1. The topological polar surface area (TPSA) is 73.6 Å². The number of nitrogen functional groups attached to an aromatic ring is 1. The molecule has 1 saturated carbocycles. The van der Waals surface area contributed by atoms with Crippen LogP contribution in [0.4, 0.5) is 0 Å². The molecular weight excluding hydrogens is 256 g/mol. The Hall–Kier alpha value is -1.59. The molecule has 0 atom stereocenters. The number of hydrogen-bond acceptors (Lipinski definition) is 4.